The number of halogens is 2. The second kappa shape index (κ2) is 6.29. The van der Waals surface area contributed by atoms with Gasteiger partial charge in [0, 0.05) is 10.0 Å². The summed E-state index contributed by atoms with van der Waals surface area (Å²) in [4.78, 5) is 12.2. The Morgan fingerprint density at radius 3 is 2.65 bits per heavy atom. The molecule has 0 fully saturated rings. The number of rotatable bonds is 3. The number of anilines is 1. The van der Waals surface area contributed by atoms with Gasteiger partial charge < -0.3 is 11.1 Å². The topological polar surface area (TPSA) is 55.1 Å². The maximum Gasteiger partial charge on any atom is 0.251 e. The molecule has 0 spiro atoms. The van der Waals surface area contributed by atoms with E-state index < -0.39 is 0 Å². The van der Waals surface area contributed by atoms with Gasteiger partial charge in [0.1, 0.15) is 0 Å². The van der Waals surface area contributed by atoms with E-state index in [2.05, 4.69) is 21.2 Å². The molecule has 5 heteroatoms. The largest absolute Gasteiger partial charge is 0.398 e. The molecule has 0 saturated carbocycles. The van der Waals surface area contributed by atoms with Gasteiger partial charge in [-0.25, -0.2) is 0 Å². The molecule has 0 aliphatic rings. The number of carbonyl (C=O) groups is 1. The number of nitrogen functional groups attached to an aromatic ring is 1. The van der Waals surface area contributed by atoms with E-state index in [1.54, 1.807) is 18.2 Å². The van der Waals surface area contributed by atoms with E-state index in [0.29, 0.717) is 16.3 Å². The molecule has 0 aliphatic heterocycles. The zero-order chi connectivity index (χ0) is 14.7. The van der Waals surface area contributed by atoms with Gasteiger partial charge in [-0.2, -0.15) is 0 Å². The lowest BCUT2D eigenvalue weighted by molar-refractivity contribution is 0.0940. The SMILES string of the molecule is C[C@@H](NC(=O)c1ccc(N)c(Cl)c1)c1ccccc1Br. The van der Waals surface area contributed by atoms with Crippen LogP contribution >= 0.6 is 27.5 Å². The third kappa shape index (κ3) is 3.32. The average Bonchev–Trinajstić information content (AvgIpc) is 2.42. The van der Waals surface area contributed by atoms with E-state index >= 15 is 0 Å². The lowest BCUT2D eigenvalue weighted by Gasteiger charge is -2.16. The van der Waals surface area contributed by atoms with Gasteiger partial charge >= 0.3 is 0 Å². The van der Waals surface area contributed by atoms with Crippen molar-refractivity contribution in [1.82, 2.24) is 5.32 Å². The molecule has 0 aliphatic carbocycles. The highest BCUT2D eigenvalue weighted by Crippen LogP contribution is 2.24. The molecule has 20 heavy (non-hydrogen) atoms. The Morgan fingerprint density at radius 1 is 1.30 bits per heavy atom. The van der Waals surface area contributed by atoms with Crippen LogP contribution in [-0.4, -0.2) is 5.91 Å². The summed E-state index contributed by atoms with van der Waals surface area (Å²) in [6, 6.07) is 12.5. The predicted molar refractivity (Wildman–Crippen MR) is 85.9 cm³/mol. The first kappa shape index (κ1) is 14.9. The molecule has 2 rings (SSSR count). The molecule has 3 nitrogen and oxygen atoms in total. The standard InChI is InChI=1S/C15H14BrClN2O/c1-9(11-4-2-3-5-12(11)16)19-15(20)10-6-7-14(18)13(17)8-10/h2-9H,18H2,1H3,(H,19,20)/t9-/m1/s1. The van der Waals surface area contributed by atoms with E-state index in [0.717, 1.165) is 10.0 Å². The smallest absolute Gasteiger partial charge is 0.251 e. The number of carbonyl (C=O) groups excluding carboxylic acids is 1. The summed E-state index contributed by atoms with van der Waals surface area (Å²) in [6.07, 6.45) is 0. The van der Waals surface area contributed by atoms with Crippen LogP contribution in [-0.2, 0) is 0 Å². The normalized spacial score (nSPS) is 11.9. The Kier molecular flexibility index (Phi) is 4.68. The average molecular weight is 354 g/mol. The summed E-state index contributed by atoms with van der Waals surface area (Å²) in [5, 5.41) is 3.31. The summed E-state index contributed by atoms with van der Waals surface area (Å²) < 4.78 is 0.961. The van der Waals surface area contributed by atoms with Crippen molar-refractivity contribution in [3.8, 4) is 0 Å². The number of nitrogens with one attached hydrogen (secondary N) is 1. The summed E-state index contributed by atoms with van der Waals surface area (Å²) in [6.45, 7) is 1.93. The van der Waals surface area contributed by atoms with E-state index in [4.69, 9.17) is 17.3 Å². The van der Waals surface area contributed by atoms with E-state index in [1.807, 2.05) is 31.2 Å². The molecular weight excluding hydrogens is 340 g/mol. The molecule has 2 aromatic rings. The Hall–Kier alpha value is -1.52. The van der Waals surface area contributed by atoms with Crippen molar-refractivity contribution in [3.05, 3.63) is 63.1 Å². The van der Waals surface area contributed by atoms with E-state index in [1.165, 1.54) is 0 Å². The predicted octanol–water partition coefficient (Wildman–Crippen LogP) is 4.18. The van der Waals surface area contributed by atoms with Crippen molar-refractivity contribution < 1.29 is 4.79 Å². The van der Waals surface area contributed by atoms with Gasteiger partial charge in [-0.05, 0) is 36.8 Å². The highest BCUT2D eigenvalue weighted by atomic mass is 79.9. The number of nitrogens with two attached hydrogens (primary N) is 1. The van der Waals surface area contributed by atoms with Crippen LogP contribution in [0.5, 0.6) is 0 Å². The minimum absolute atomic E-state index is 0.116. The van der Waals surface area contributed by atoms with Crippen molar-refractivity contribution in [2.45, 2.75) is 13.0 Å². The number of hydrogen-bond donors (Lipinski definition) is 2. The second-order valence-electron chi connectivity index (χ2n) is 4.45. The van der Waals surface area contributed by atoms with Crippen LogP contribution in [0.25, 0.3) is 0 Å². The highest BCUT2D eigenvalue weighted by Gasteiger charge is 2.14. The Morgan fingerprint density at radius 2 is 2.00 bits per heavy atom. The number of hydrogen-bond acceptors (Lipinski definition) is 2. The van der Waals surface area contributed by atoms with Gasteiger partial charge in [-0.1, -0.05) is 45.7 Å². The molecule has 0 heterocycles. The third-order valence-corrected chi connectivity index (χ3v) is 4.03. The zero-order valence-corrected chi connectivity index (χ0v) is 13.2. The van der Waals surface area contributed by atoms with Crippen molar-refractivity contribution in [3.63, 3.8) is 0 Å². The molecule has 3 N–H and O–H groups in total. The molecular formula is C15H14BrClN2O. The van der Waals surface area contributed by atoms with Gasteiger partial charge in [-0.3, -0.25) is 4.79 Å². The van der Waals surface area contributed by atoms with Crippen molar-refractivity contribution >= 4 is 39.1 Å². The Bertz CT molecular complexity index is 646. The minimum atomic E-state index is -0.185. The Balaban J connectivity index is 2.15. The molecule has 0 bridgehead atoms. The quantitative estimate of drug-likeness (QED) is 0.813. The molecule has 0 unspecified atom stereocenters. The first-order valence-corrected chi connectivity index (χ1v) is 7.26. The first-order valence-electron chi connectivity index (χ1n) is 6.09. The van der Waals surface area contributed by atoms with Crippen LogP contribution in [0.2, 0.25) is 5.02 Å². The van der Waals surface area contributed by atoms with Gasteiger partial charge in [0.2, 0.25) is 0 Å². The second-order valence-corrected chi connectivity index (χ2v) is 5.71. The fraction of sp³-hybridized carbons (Fsp3) is 0.133. The van der Waals surface area contributed by atoms with Gasteiger partial charge in [0.15, 0.2) is 0 Å². The maximum absolute atomic E-state index is 12.2. The number of amides is 1. The Labute approximate surface area is 131 Å². The van der Waals surface area contributed by atoms with Crippen molar-refractivity contribution in [1.29, 1.82) is 0 Å². The lowest BCUT2D eigenvalue weighted by atomic mass is 10.1. The molecule has 1 atom stereocenters. The fourth-order valence-electron chi connectivity index (χ4n) is 1.85. The monoisotopic (exact) mass is 352 g/mol. The van der Waals surface area contributed by atoms with Crippen LogP contribution in [0.1, 0.15) is 28.9 Å². The molecule has 104 valence electrons. The minimum Gasteiger partial charge on any atom is -0.398 e. The van der Waals surface area contributed by atoms with Crippen LogP contribution < -0.4 is 11.1 Å². The summed E-state index contributed by atoms with van der Waals surface area (Å²) >= 11 is 9.40. The first-order chi connectivity index (χ1) is 9.49. The molecule has 0 radical (unpaired) electrons. The summed E-state index contributed by atoms with van der Waals surface area (Å²) in [5.41, 5.74) is 7.60. The zero-order valence-electron chi connectivity index (χ0n) is 10.9. The lowest BCUT2D eigenvalue weighted by Crippen LogP contribution is -2.26. The molecule has 0 saturated heterocycles. The summed E-state index contributed by atoms with van der Waals surface area (Å²) in [5.74, 6) is -0.185. The van der Waals surface area contributed by atoms with E-state index in [9.17, 15) is 4.79 Å². The van der Waals surface area contributed by atoms with Gasteiger partial charge in [0.25, 0.3) is 5.91 Å². The van der Waals surface area contributed by atoms with Crippen molar-refractivity contribution in [2.24, 2.45) is 0 Å². The summed E-state index contributed by atoms with van der Waals surface area (Å²) in [7, 11) is 0. The third-order valence-electron chi connectivity index (χ3n) is 2.98. The van der Waals surface area contributed by atoms with Gasteiger partial charge in [-0.15, -0.1) is 0 Å². The van der Waals surface area contributed by atoms with Crippen LogP contribution in [0, 0.1) is 0 Å². The van der Waals surface area contributed by atoms with E-state index in [-0.39, 0.29) is 11.9 Å². The van der Waals surface area contributed by atoms with Crippen molar-refractivity contribution in [2.75, 3.05) is 5.73 Å². The van der Waals surface area contributed by atoms with Gasteiger partial charge in [0.05, 0.1) is 16.8 Å². The molecule has 1 amide bonds. The van der Waals surface area contributed by atoms with Crippen LogP contribution in [0.3, 0.4) is 0 Å². The van der Waals surface area contributed by atoms with Crippen LogP contribution in [0.15, 0.2) is 46.9 Å². The highest BCUT2D eigenvalue weighted by molar-refractivity contribution is 9.10. The fourth-order valence-corrected chi connectivity index (χ4v) is 2.66. The van der Waals surface area contributed by atoms with Crippen LogP contribution in [0.4, 0.5) is 5.69 Å². The number of benzene rings is 2. The molecule has 2 aromatic carbocycles. The maximum atomic E-state index is 12.2. The molecule has 0 aromatic heterocycles.